The quantitative estimate of drug-likeness (QED) is 0.656. The molecule has 0 unspecified atom stereocenters. The first kappa shape index (κ1) is 12.0. The molecular formula is C8H21N3S. The molecule has 1 N–H and O–H groups in total. The van der Waals surface area contributed by atoms with Crippen LogP contribution >= 0.6 is 10.6 Å². The van der Waals surface area contributed by atoms with Gasteiger partial charge in [0.1, 0.15) is 0 Å². The topological polar surface area (TPSA) is 18.5 Å². The van der Waals surface area contributed by atoms with Crippen LogP contribution in [0.2, 0.25) is 0 Å². The highest BCUT2D eigenvalue weighted by Gasteiger charge is 2.25. The lowest BCUT2D eigenvalue weighted by atomic mass is 10.8. The highest BCUT2D eigenvalue weighted by Crippen LogP contribution is 2.46. The molecule has 0 rings (SSSR count). The van der Waals surface area contributed by atoms with Gasteiger partial charge >= 0.3 is 0 Å². The first-order valence-corrected chi connectivity index (χ1v) is 5.68. The van der Waals surface area contributed by atoms with Gasteiger partial charge in [0.2, 0.25) is 0 Å². The van der Waals surface area contributed by atoms with E-state index in [-0.39, 0.29) is 0 Å². The van der Waals surface area contributed by atoms with Crippen molar-refractivity contribution in [3.8, 4) is 0 Å². The number of hydrogen-bond donors (Lipinski definition) is 1. The van der Waals surface area contributed by atoms with Crippen molar-refractivity contribution < 1.29 is 0 Å². The fourth-order valence-corrected chi connectivity index (χ4v) is 3.71. The molecule has 0 aromatic rings. The van der Waals surface area contributed by atoms with Gasteiger partial charge in [-0.1, -0.05) is 16.7 Å². The maximum absolute atomic E-state index is 3.79. The van der Waals surface area contributed by atoms with Gasteiger partial charge in [-0.15, -0.1) is 6.58 Å². The molecule has 0 aliphatic rings. The van der Waals surface area contributed by atoms with Crippen LogP contribution in [0.5, 0.6) is 0 Å². The van der Waals surface area contributed by atoms with E-state index in [1.54, 1.807) is 0 Å². The summed E-state index contributed by atoms with van der Waals surface area (Å²) >= 11 is 0. The molecule has 74 valence electrons. The molecule has 0 aliphatic heterocycles. The molecule has 0 heterocycles. The maximum atomic E-state index is 3.79. The number of nitrogens with zero attached hydrogens (tertiary/aromatic N) is 2. The van der Waals surface area contributed by atoms with E-state index >= 15 is 0 Å². The molecule has 4 heteroatoms. The van der Waals surface area contributed by atoms with Crippen molar-refractivity contribution in [1.29, 1.82) is 0 Å². The van der Waals surface area contributed by atoms with Gasteiger partial charge < -0.3 is 0 Å². The van der Waals surface area contributed by atoms with Crippen LogP contribution in [0, 0.1) is 0 Å². The average Bonchev–Trinajstić information content (AvgIpc) is 1.98. The molecule has 0 radical (unpaired) electrons. The van der Waals surface area contributed by atoms with Gasteiger partial charge in [-0.3, -0.25) is 13.3 Å². The summed E-state index contributed by atoms with van der Waals surface area (Å²) in [7, 11) is 9.35. The third-order valence-corrected chi connectivity index (χ3v) is 5.66. The highest BCUT2D eigenvalue weighted by atomic mass is 32.3. The number of rotatable bonds is 5. The first-order valence-electron chi connectivity index (χ1n) is 3.96. The third-order valence-electron chi connectivity index (χ3n) is 1.89. The predicted molar refractivity (Wildman–Crippen MR) is 59.1 cm³/mol. The van der Waals surface area contributed by atoms with Crippen molar-refractivity contribution in [2.75, 3.05) is 41.0 Å². The molecule has 0 bridgehead atoms. The molecule has 0 spiro atoms. The van der Waals surface area contributed by atoms with Crippen molar-refractivity contribution in [3.63, 3.8) is 0 Å². The zero-order chi connectivity index (χ0) is 9.78. The third kappa shape index (κ3) is 2.23. The Morgan fingerprint density at radius 3 is 1.75 bits per heavy atom. The second kappa shape index (κ2) is 4.87. The van der Waals surface area contributed by atoms with Crippen LogP contribution in [0.15, 0.2) is 12.7 Å². The largest absolute Gasteiger partial charge is 0.261 e. The minimum atomic E-state index is -1.02. The van der Waals surface area contributed by atoms with E-state index in [1.807, 2.05) is 13.1 Å². The summed E-state index contributed by atoms with van der Waals surface area (Å²) in [4.78, 5) is 0. The van der Waals surface area contributed by atoms with Gasteiger partial charge in [-0.05, 0) is 35.2 Å². The molecule has 0 aliphatic carbocycles. The zero-order valence-electron chi connectivity index (χ0n) is 8.79. The van der Waals surface area contributed by atoms with Gasteiger partial charge in [0, 0.05) is 5.75 Å². The Bertz CT molecular complexity index is 137. The van der Waals surface area contributed by atoms with E-state index in [9.17, 15) is 0 Å². The standard InChI is InChI=1S/C8H21N3S/c1-7-8-12(9-2,10(3)4)11(5)6/h7,9H,1,8H2,2-6H3. The second-order valence-corrected chi connectivity index (χ2v) is 6.49. The van der Waals surface area contributed by atoms with Crippen molar-refractivity contribution >= 4 is 10.6 Å². The van der Waals surface area contributed by atoms with E-state index in [1.165, 1.54) is 0 Å². The minimum absolute atomic E-state index is 0.976. The minimum Gasteiger partial charge on any atom is -0.261 e. The van der Waals surface area contributed by atoms with Crippen molar-refractivity contribution in [1.82, 2.24) is 13.3 Å². The summed E-state index contributed by atoms with van der Waals surface area (Å²) in [6.07, 6.45) is 1.96. The van der Waals surface area contributed by atoms with Crippen LogP contribution < -0.4 is 4.72 Å². The lowest BCUT2D eigenvalue weighted by Gasteiger charge is -2.49. The Morgan fingerprint density at radius 2 is 1.67 bits per heavy atom. The maximum Gasteiger partial charge on any atom is 0.0324 e. The Morgan fingerprint density at radius 1 is 1.25 bits per heavy atom. The lowest BCUT2D eigenvalue weighted by molar-refractivity contribution is 0.568. The Kier molecular flexibility index (Phi) is 4.85. The fraction of sp³-hybridized carbons (Fsp3) is 0.750. The summed E-state index contributed by atoms with van der Waals surface area (Å²) in [5, 5.41) is 0. The molecule has 0 amide bonds. The van der Waals surface area contributed by atoms with E-state index in [0.717, 1.165) is 5.75 Å². The second-order valence-electron chi connectivity index (χ2n) is 2.95. The summed E-state index contributed by atoms with van der Waals surface area (Å²) in [5.41, 5.74) is 0. The van der Waals surface area contributed by atoms with Gasteiger partial charge in [0.25, 0.3) is 0 Å². The fourth-order valence-electron chi connectivity index (χ4n) is 1.24. The number of hydrogen-bond acceptors (Lipinski definition) is 3. The monoisotopic (exact) mass is 191 g/mol. The van der Waals surface area contributed by atoms with Gasteiger partial charge in [-0.25, -0.2) is 0 Å². The summed E-state index contributed by atoms with van der Waals surface area (Å²) in [6.45, 7) is 3.79. The van der Waals surface area contributed by atoms with E-state index in [0.29, 0.717) is 0 Å². The molecule has 0 saturated carbocycles. The van der Waals surface area contributed by atoms with E-state index in [2.05, 4.69) is 48.1 Å². The predicted octanol–water partition coefficient (Wildman–Crippen LogP) is 1.06. The Balaban J connectivity index is 4.62. The Hall–Kier alpha value is -0.0300. The SMILES string of the molecule is C=CCS(NC)(N(C)C)N(C)C. The van der Waals surface area contributed by atoms with Gasteiger partial charge in [0.15, 0.2) is 0 Å². The molecule has 12 heavy (non-hydrogen) atoms. The average molecular weight is 191 g/mol. The first-order chi connectivity index (χ1) is 5.51. The van der Waals surface area contributed by atoms with Crippen LogP contribution in [-0.2, 0) is 0 Å². The summed E-state index contributed by atoms with van der Waals surface area (Å²) in [6, 6.07) is 0. The molecule has 0 aromatic heterocycles. The van der Waals surface area contributed by atoms with Crippen molar-refractivity contribution in [2.45, 2.75) is 0 Å². The van der Waals surface area contributed by atoms with Gasteiger partial charge in [0.05, 0.1) is 0 Å². The Labute approximate surface area is 78.1 Å². The van der Waals surface area contributed by atoms with E-state index in [4.69, 9.17) is 0 Å². The number of nitrogens with one attached hydrogen (secondary N) is 1. The highest BCUT2D eigenvalue weighted by molar-refractivity contribution is 8.28. The van der Waals surface area contributed by atoms with Crippen LogP contribution in [0.4, 0.5) is 0 Å². The molecule has 3 nitrogen and oxygen atoms in total. The summed E-state index contributed by atoms with van der Waals surface area (Å²) in [5.74, 6) is 0.976. The molecular weight excluding hydrogens is 170 g/mol. The van der Waals surface area contributed by atoms with Crippen LogP contribution in [-0.4, -0.2) is 49.6 Å². The van der Waals surface area contributed by atoms with Crippen LogP contribution in [0.25, 0.3) is 0 Å². The molecule has 0 fully saturated rings. The smallest absolute Gasteiger partial charge is 0.0324 e. The van der Waals surface area contributed by atoms with Gasteiger partial charge in [-0.2, -0.15) is 0 Å². The normalized spacial score (nSPS) is 13.9. The molecule has 0 aromatic carbocycles. The van der Waals surface area contributed by atoms with E-state index < -0.39 is 10.6 Å². The molecule has 0 saturated heterocycles. The van der Waals surface area contributed by atoms with Crippen molar-refractivity contribution in [2.24, 2.45) is 0 Å². The zero-order valence-corrected chi connectivity index (χ0v) is 9.61. The lowest BCUT2D eigenvalue weighted by Crippen LogP contribution is -2.41. The van der Waals surface area contributed by atoms with Crippen LogP contribution in [0.1, 0.15) is 0 Å². The van der Waals surface area contributed by atoms with Crippen molar-refractivity contribution in [3.05, 3.63) is 12.7 Å². The molecule has 0 atom stereocenters. The summed E-state index contributed by atoms with van der Waals surface area (Å²) < 4.78 is 7.84. The van der Waals surface area contributed by atoms with Crippen LogP contribution in [0.3, 0.4) is 0 Å².